The average Bonchev–Trinajstić information content (AvgIpc) is 3.10. The van der Waals surface area contributed by atoms with Crippen LogP contribution in [-0.4, -0.2) is 19.7 Å². The third-order valence-electron chi connectivity index (χ3n) is 3.50. The van der Waals surface area contributed by atoms with Crippen LogP contribution in [0, 0.1) is 4.77 Å². The van der Waals surface area contributed by atoms with Crippen molar-refractivity contribution in [1.29, 1.82) is 0 Å². The van der Waals surface area contributed by atoms with E-state index >= 15 is 0 Å². The quantitative estimate of drug-likeness (QED) is 0.661. The molecule has 1 atom stereocenters. The van der Waals surface area contributed by atoms with Gasteiger partial charge in [-0.1, -0.05) is 41.3 Å². The van der Waals surface area contributed by atoms with Gasteiger partial charge in [0.2, 0.25) is 0 Å². The molecule has 0 saturated carbocycles. The van der Waals surface area contributed by atoms with Gasteiger partial charge in [0.15, 0.2) is 4.77 Å². The zero-order chi connectivity index (χ0) is 16.6. The van der Waals surface area contributed by atoms with Crippen LogP contribution in [0.4, 0.5) is 6.01 Å². The van der Waals surface area contributed by atoms with Crippen LogP contribution in [0.3, 0.4) is 0 Å². The van der Waals surface area contributed by atoms with E-state index in [4.69, 9.17) is 45.6 Å². The molecule has 3 aromatic rings. The molecular formula is C14H13Cl2N5OS. The number of nitrogens with one attached hydrogen (secondary N) is 1. The summed E-state index contributed by atoms with van der Waals surface area (Å²) in [5.74, 6) is 0.299. The lowest BCUT2D eigenvalue weighted by atomic mass is 10.0. The first kappa shape index (κ1) is 16.0. The van der Waals surface area contributed by atoms with Gasteiger partial charge in [0, 0.05) is 6.20 Å². The van der Waals surface area contributed by atoms with Crippen LogP contribution in [0.15, 0.2) is 28.8 Å². The Hall–Kier alpha value is -1.83. The summed E-state index contributed by atoms with van der Waals surface area (Å²) in [6, 6.07) is 5.46. The van der Waals surface area contributed by atoms with Gasteiger partial charge in [-0.15, -0.1) is 5.10 Å². The maximum absolute atomic E-state index is 6.14. The number of hydrogen-bond acceptors (Lipinski definition) is 5. The zero-order valence-electron chi connectivity index (χ0n) is 12.1. The van der Waals surface area contributed by atoms with Crippen molar-refractivity contribution in [2.75, 3.05) is 5.73 Å². The van der Waals surface area contributed by atoms with E-state index in [2.05, 4.69) is 15.2 Å². The van der Waals surface area contributed by atoms with Gasteiger partial charge in [-0.25, -0.2) is 0 Å². The summed E-state index contributed by atoms with van der Waals surface area (Å²) in [7, 11) is 0. The Morgan fingerprint density at radius 3 is 2.74 bits per heavy atom. The SMILES string of the molecule is CCC(c1ccc(Cl)c(Cl)c1)n1c(-c2nnc(N)o2)c[nH]c1=S. The minimum absolute atomic E-state index is 0.00116. The van der Waals surface area contributed by atoms with Crippen molar-refractivity contribution in [3.05, 3.63) is 44.8 Å². The Labute approximate surface area is 147 Å². The smallest absolute Gasteiger partial charge is 0.313 e. The number of nitrogens with two attached hydrogens (primary N) is 1. The van der Waals surface area contributed by atoms with E-state index in [1.54, 1.807) is 12.3 Å². The first-order valence-electron chi connectivity index (χ1n) is 6.85. The molecule has 9 heteroatoms. The predicted octanol–water partition coefficient (Wildman–Crippen LogP) is 4.48. The van der Waals surface area contributed by atoms with Gasteiger partial charge in [-0.3, -0.25) is 0 Å². The van der Waals surface area contributed by atoms with E-state index in [9.17, 15) is 0 Å². The molecular weight excluding hydrogens is 357 g/mol. The number of imidazole rings is 1. The molecule has 1 unspecified atom stereocenters. The number of H-pyrrole nitrogens is 1. The van der Waals surface area contributed by atoms with E-state index in [1.165, 1.54) is 0 Å². The predicted molar refractivity (Wildman–Crippen MR) is 92.2 cm³/mol. The summed E-state index contributed by atoms with van der Waals surface area (Å²) in [6.45, 7) is 2.05. The van der Waals surface area contributed by atoms with E-state index < -0.39 is 0 Å². The number of aromatic nitrogens is 4. The standard InChI is InChI=1S/C14H13Cl2N5OS/c1-2-10(7-3-4-8(15)9(16)5-7)21-11(6-18-14(21)23)12-19-20-13(17)22-12/h3-6,10H,2H2,1H3,(H2,17,20)(H,18,23). The van der Waals surface area contributed by atoms with E-state index in [0.29, 0.717) is 26.4 Å². The molecule has 120 valence electrons. The van der Waals surface area contributed by atoms with Crippen molar-refractivity contribution in [3.8, 4) is 11.6 Å². The summed E-state index contributed by atoms with van der Waals surface area (Å²) >= 11 is 17.6. The lowest BCUT2D eigenvalue weighted by Gasteiger charge is -2.19. The fraction of sp³-hybridized carbons (Fsp3) is 0.214. The molecule has 23 heavy (non-hydrogen) atoms. The highest BCUT2D eigenvalue weighted by Gasteiger charge is 2.21. The van der Waals surface area contributed by atoms with Gasteiger partial charge < -0.3 is 19.7 Å². The van der Waals surface area contributed by atoms with Crippen molar-refractivity contribution in [1.82, 2.24) is 19.7 Å². The number of rotatable bonds is 4. The molecule has 2 aromatic heterocycles. The molecule has 0 amide bonds. The second-order valence-corrected chi connectivity index (χ2v) is 6.09. The van der Waals surface area contributed by atoms with Crippen LogP contribution in [0.25, 0.3) is 11.6 Å². The summed E-state index contributed by atoms with van der Waals surface area (Å²) in [6.07, 6.45) is 2.50. The van der Waals surface area contributed by atoms with Gasteiger partial charge in [0.05, 0.1) is 16.1 Å². The van der Waals surface area contributed by atoms with E-state index in [-0.39, 0.29) is 12.1 Å². The fourth-order valence-electron chi connectivity index (χ4n) is 2.48. The van der Waals surface area contributed by atoms with Crippen molar-refractivity contribution in [3.63, 3.8) is 0 Å². The van der Waals surface area contributed by atoms with Crippen molar-refractivity contribution < 1.29 is 4.42 Å². The normalized spacial score (nSPS) is 12.5. The summed E-state index contributed by atoms with van der Waals surface area (Å²) in [5, 5.41) is 8.62. The first-order chi connectivity index (χ1) is 11.0. The highest BCUT2D eigenvalue weighted by molar-refractivity contribution is 7.71. The third kappa shape index (κ3) is 2.99. The number of anilines is 1. The number of hydrogen-bond donors (Lipinski definition) is 2. The van der Waals surface area contributed by atoms with Gasteiger partial charge in [0.25, 0.3) is 5.89 Å². The minimum Gasteiger partial charge on any atom is -0.402 e. The lowest BCUT2D eigenvalue weighted by Crippen LogP contribution is -2.11. The molecule has 6 nitrogen and oxygen atoms in total. The highest BCUT2D eigenvalue weighted by atomic mass is 35.5. The molecule has 3 rings (SSSR count). The Morgan fingerprint density at radius 2 is 2.13 bits per heavy atom. The van der Waals surface area contributed by atoms with E-state index in [1.807, 2.05) is 23.6 Å². The Morgan fingerprint density at radius 1 is 1.35 bits per heavy atom. The first-order valence-corrected chi connectivity index (χ1v) is 8.02. The summed E-state index contributed by atoms with van der Waals surface area (Å²) in [4.78, 5) is 3.01. The minimum atomic E-state index is -0.0633. The Kier molecular flexibility index (Phi) is 4.43. The van der Waals surface area contributed by atoms with Crippen molar-refractivity contribution in [2.45, 2.75) is 19.4 Å². The lowest BCUT2D eigenvalue weighted by molar-refractivity contribution is 0.540. The van der Waals surface area contributed by atoms with Gasteiger partial charge in [0.1, 0.15) is 5.69 Å². The Balaban J connectivity index is 2.13. The number of benzene rings is 1. The van der Waals surface area contributed by atoms with Gasteiger partial charge in [-0.2, -0.15) is 0 Å². The van der Waals surface area contributed by atoms with E-state index in [0.717, 1.165) is 12.0 Å². The van der Waals surface area contributed by atoms with Gasteiger partial charge >= 0.3 is 6.01 Å². The fourth-order valence-corrected chi connectivity index (χ4v) is 3.07. The third-order valence-corrected chi connectivity index (χ3v) is 4.55. The molecule has 0 aliphatic heterocycles. The van der Waals surface area contributed by atoms with Crippen LogP contribution >= 0.6 is 35.4 Å². The molecule has 2 heterocycles. The van der Waals surface area contributed by atoms with Crippen LogP contribution < -0.4 is 5.73 Å². The maximum atomic E-state index is 6.14. The molecule has 1 aromatic carbocycles. The number of nitrogens with zero attached hydrogens (tertiary/aromatic N) is 3. The molecule has 0 aliphatic rings. The average molecular weight is 370 g/mol. The Bertz CT molecular complexity index is 901. The number of aromatic amines is 1. The zero-order valence-corrected chi connectivity index (χ0v) is 14.4. The van der Waals surface area contributed by atoms with Crippen molar-refractivity contribution in [2.24, 2.45) is 0 Å². The molecule has 0 aliphatic carbocycles. The molecule has 3 N–H and O–H groups in total. The maximum Gasteiger partial charge on any atom is 0.313 e. The molecule has 0 radical (unpaired) electrons. The van der Waals surface area contributed by atoms with Crippen molar-refractivity contribution >= 4 is 41.4 Å². The number of nitrogen functional groups attached to an aromatic ring is 1. The highest BCUT2D eigenvalue weighted by Crippen LogP contribution is 2.32. The van der Waals surface area contributed by atoms with Gasteiger partial charge in [-0.05, 0) is 36.3 Å². The largest absolute Gasteiger partial charge is 0.402 e. The molecule has 0 bridgehead atoms. The topological polar surface area (TPSA) is 85.7 Å². The summed E-state index contributed by atoms with van der Waals surface area (Å²) < 4.78 is 7.76. The van der Waals surface area contributed by atoms with Crippen LogP contribution in [0.1, 0.15) is 24.9 Å². The molecule has 0 saturated heterocycles. The monoisotopic (exact) mass is 369 g/mol. The van der Waals surface area contributed by atoms with Crippen LogP contribution in [0.2, 0.25) is 10.0 Å². The van der Waals surface area contributed by atoms with Crippen LogP contribution in [0.5, 0.6) is 0 Å². The van der Waals surface area contributed by atoms with Crippen LogP contribution in [-0.2, 0) is 0 Å². The molecule has 0 fully saturated rings. The second kappa shape index (κ2) is 6.35. The summed E-state index contributed by atoms with van der Waals surface area (Å²) in [5.41, 5.74) is 7.15. The second-order valence-electron chi connectivity index (χ2n) is 4.89. The number of halogens is 2. The molecule has 0 spiro atoms.